The summed E-state index contributed by atoms with van der Waals surface area (Å²) in [5.41, 5.74) is 0.441. The van der Waals surface area contributed by atoms with Gasteiger partial charge in [0.1, 0.15) is 11.4 Å². The maximum absolute atomic E-state index is 12.8. The van der Waals surface area contributed by atoms with Gasteiger partial charge in [-0.3, -0.25) is 29.8 Å². The molecule has 0 aliphatic carbocycles. The van der Waals surface area contributed by atoms with E-state index >= 15 is 0 Å². The van der Waals surface area contributed by atoms with E-state index < -0.39 is 33.0 Å². The Labute approximate surface area is 245 Å². The van der Waals surface area contributed by atoms with Crippen LogP contribution in [0.2, 0.25) is 0 Å². The third-order valence-electron chi connectivity index (χ3n) is 6.28. The zero-order valence-corrected chi connectivity index (χ0v) is 24.5. The van der Waals surface area contributed by atoms with E-state index in [0.29, 0.717) is 0 Å². The minimum Gasteiger partial charge on any atom is -0.301 e. The molecule has 0 fully saturated rings. The lowest BCUT2D eigenvalue weighted by molar-refractivity contribution is -0.383. The highest BCUT2D eigenvalue weighted by Gasteiger charge is 2.35. The van der Waals surface area contributed by atoms with Crippen LogP contribution in [0.25, 0.3) is 10.8 Å². The Bertz CT molecular complexity index is 1530. The van der Waals surface area contributed by atoms with Crippen molar-refractivity contribution in [3.63, 3.8) is 0 Å². The zero-order valence-electron chi connectivity index (χ0n) is 21.3. The van der Waals surface area contributed by atoms with Crippen molar-refractivity contribution >= 4 is 77.2 Å². The number of nitrogens with zero attached hydrogens (tertiary/aromatic N) is 4. The molecule has 0 saturated carbocycles. The largest absolute Gasteiger partial charge is 0.302 e. The average molecular weight is 670 g/mol. The molecule has 0 heterocycles. The zero-order chi connectivity index (χ0) is 29.1. The number of carbonyl (C=O) groups is 2. The Balaban J connectivity index is 2.02. The van der Waals surface area contributed by atoms with E-state index in [-0.39, 0.29) is 44.2 Å². The topological polar surface area (TPSA) is 127 Å². The van der Waals surface area contributed by atoms with E-state index in [2.05, 4.69) is 31.9 Å². The first kappa shape index (κ1) is 28.8. The van der Waals surface area contributed by atoms with Crippen LogP contribution >= 0.6 is 31.9 Å². The maximum atomic E-state index is 12.8. The third-order valence-corrected chi connectivity index (χ3v) is 7.48. The molecule has 0 radical (unpaired) electrons. The fourth-order valence-electron chi connectivity index (χ4n) is 4.53. The van der Waals surface area contributed by atoms with Gasteiger partial charge < -0.3 is 9.80 Å². The van der Waals surface area contributed by atoms with Crippen molar-refractivity contribution in [3.8, 4) is 0 Å². The Kier molecular flexibility index (Phi) is 8.60. The molecule has 0 atom stereocenters. The summed E-state index contributed by atoms with van der Waals surface area (Å²) in [6.07, 6.45) is 0. The van der Waals surface area contributed by atoms with E-state index in [1.807, 2.05) is 12.1 Å². The van der Waals surface area contributed by atoms with Crippen molar-refractivity contribution in [2.24, 2.45) is 0 Å². The molecule has 0 aromatic heterocycles. The second-order valence-electron chi connectivity index (χ2n) is 8.90. The molecule has 0 unspecified atom stereocenters. The summed E-state index contributed by atoms with van der Waals surface area (Å²) >= 11 is 6.70. The van der Waals surface area contributed by atoms with E-state index in [0.717, 1.165) is 11.1 Å². The number of nitro benzene ring substituents is 2. The number of benzene rings is 4. The van der Waals surface area contributed by atoms with Crippen LogP contribution in [0, 0.1) is 20.2 Å². The monoisotopic (exact) mass is 668 g/mol. The van der Waals surface area contributed by atoms with E-state index in [1.54, 1.807) is 48.5 Å². The van der Waals surface area contributed by atoms with E-state index in [9.17, 15) is 29.8 Å². The molecule has 0 spiro atoms. The minimum absolute atomic E-state index is 0.0319. The number of halogens is 2. The number of anilines is 2. The standard InChI is InChI=1S/C28H22Br2N4O6/c1-17(35)31(15-19-9-5-3-6-10-19)27-23(29)13-22-21(25(27)33(37)38)14-24(30)28(26(22)34(39)40)32(18(2)36)16-20-11-7-4-8-12-20/h3-14H,15-16H2,1-2H3. The second-order valence-corrected chi connectivity index (χ2v) is 10.6. The van der Waals surface area contributed by atoms with Gasteiger partial charge in [-0.15, -0.1) is 0 Å². The number of rotatable bonds is 8. The van der Waals surface area contributed by atoms with Gasteiger partial charge in [0.25, 0.3) is 0 Å². The van der Waals surface area contributed by atoms with Crippen molar-refractivity contribution in [1.29, 1.82) is 0 Å². The molecule has 0 aliphatic rings. The van der Waals surface area contributed by atoms with Gasteiger partial charge in [-0.25, -0.2) is 0 Å². The van der Waals surface area contributed by atoms with Crippen LogP contribution in [-0.4, -0.2) is 21.7 Å². The van der Waals surface area contributed by atoms with Crippen LogP contribution in [-0.2, 0) is 22.7 Å². The molecule has 204 valence electrons. The summed E-state index contributed by atoms with van der Waals surface area (Å²) in [5, 5.41) is 24.9. The molecule has 4 aromatic carbocycles. The molecule has 0 aliphatic heterocycles. The van der Waals surface area contributed by atoms with Gasteiger partial charge in [-0.05, 0) is 55.1 Å². The summed E-state index contributed by atoms with van der Waals surface area (Å²) in [6.45, 7) is 2.66. The highest BCUT2D eigenvalue weighted by Crippen LogP contribution is 2.50. The molecular weight excluding hydrogens is 648 g/mol. The van der Waals surface area contributed by atoms with Crippen LogP contribution in [0.5, 0.6) is 0 Å². The number of fused-ring (bicyclic) bond motifs is 1. The van der Waals surface area contributed by atoms with Crippen LogP contribution in [0.1, 0.15) is 25.0 Å². The van der Waals surface area contributed by atoms with Gasteiger partial charge in [0, 0.05) is 22.8 Å². The average Bonchev–Trinajstić information content (AvgIpc) is 2.90. The van der Waals surface area contributed by atoms with Crippen molar-refractivity contribution < 1.29 is 19.4 Å². The van der Waals surface area contributed by atoms with Gasteiger partial charge >= 0.3 is 11.4 Å². The molecule has 12 heteroatoms. The smallest absolute Gasteiger partial charge is 0.301 e. The van der Waals surface area contributed by atoms with Gasteiger partial charge in [0.15, 0.2) is 0 Å². The Hall–Kier alpha value is -4.16. The second kappa shape index (κ2) is 11.9. The first-order chi connectivity index (χ1) is 19.0. The fourth-order valence-corrected chi connectivity index (χ4v) is 5.79. The summed E-state index contributed by atoms with van der Waals surface area (Å²) < 4.78 is 0.235. The predicted molar refractivity (Wildman–Crippen MR) is 159 cm³/mol. The first-order valence-corrected chi connectivity index (χ1v) is 13.5. The first-order valence-electron chi connectivity index (χ1n) is 11.9. The Morgan fingerprint density at radius 2 is 1.00 bits per heavy atom. The van der Waals surface area contributed by atoms with Crippen molar-refractivity contribution in [3.05, 3.63) is 113 Å². The lowest BCUT2D eigenvalue weighted by atomic mass is 10.0. The molecule has 2 amide bonds. The van der Waals surface area contributed by atoms with Crippen molar-refractivity contribution in [1.82, 2.24) is 0 Å². The van der Waals surface area contributed by atoms with Crippen LogP contribution in [0.15, 0.2) is 81.7 Å². The molecule has 0 N–H and O–H groups in total. The van der Waals surface area contributed by atoms with Gasteiger partial charge in [-0.1, -0.05) is 60.7 Å². The molecule has 4 aromatic rings. The van der Waals surface area contributed by atoms with Crippen molar-refractivity contribution in [2.45, 2.75) is 26.9 Å². The van der Waals surface area contributed by atoms with Gasteiger partial charge in [0.2, 0.25) is 11.8 Å². The number of amides is 2. The summed E-state index contributed by atoms with van der Waals surface area (Å²) in [6, 6.07) is 20.7. The van der Waals surface area contributed by atoms with Gasteiger partial charge in [0.05, 0.1) is 33.7 Å². The Morgan fingerprint density at radius 1 is 0.675 bits per heavy atom. The number of nitro groups is 2. The molecule has 0 saturated heterocycles. The molecule has 4 rings (SSSR count). The summed E-state index contributed by atoms with van der Waals surface area (Å²) in [5.74, 6) is -0.911. The lowest BCUT2D eigenvalue weighted by Gasteiger charge is -2.25. The van der Waals surface area contributed by atoms with Crippen LogP contribution < -0.4 is 9.80 Å². The normalized spacial score (nSPS) is 10.8. The molecule has 40 heavy (non-hydrogen) atoms. The quantitative estimate of drug-likeness (QED) is 0.143. The number of hydrogen-bond donors (Lipinski definition) is 0. The third kappa shape index (κ3) is 5.73. The highest BCUT2D eigenvalue weighted by atomic mass is 79.9. The van der Waals surface area contributed by atoms with E-state index in [4.69, 9.17) is 0 Å². The van der Waals surface area contributed by atoms with Gasteiger partial charge in [-0.2, -0.15) is 0 Å². The van der Waals surface area contributed by atoms with Crippen LogP contribution in [0.4, 0.5) is 22.7 Å². The number of hydrogen-bond acceptors (Lipinski definition) is 6. The fraction of sp³-hybridized carbons (Fsp3) is 0.143. The Morgan fingerprint density at radius 3 is 1.27 bits per heavy atom. The van der Waals surface area contributed by atoms with Crippen molar-refractivity contribution in [2.75, 3.05) is 9.80 Å². The molecular formula is C28H22Br2N4O6. The number of carbonyl (C=O) groups excluding carboxylic acids is 2. The SMILES string of the molecule is CC(=O)N(Cc1ccccc1)c1c(Br)cc2c([N+](=O)[O-])c(N(Cc3ccccc3)C(C)=O)c(Br)cc2c1[N+](=O)[O-]. The molecule has 10 nitrogen and oxygen atoms in total. The highest BCUT2D eigenvalue weighted by molar-refractivity contribution is 9.11. The molecule has 0 bridgehead atoms. The minimum atomic E-state index is -0.661. The maximum Gasteiger partial charge on any atom is 0.302 e. The summed E-state index contributed by atoms with van der Waals surface area (Å²) in [7, 11) is 0. The van der Waals surface area contributed by atoms with E-state index in [1.165, 1.54) is 35.8 Å². The van der Waals surface area contributed by atoms with Crippen LogP contribution in [0.3, 0.4) is 0 Å². The lowest BCUT2D eigenvalue weighted by Crippen LogP contribution is -2.29. The summed E-state index contributed by atoms with van der Waals surface area (Å²) in [4.78, 5) is 51.8. The predicted octanol–water partition coefficient (Wildman–Crippen LogP) is 7.29.